The second-order valence-electron chi connectivity index (χ2n) is 9.41. The molecule has 36 heavy (non-hydrogen) atoms. The topological polar surface area (TPSA) is 88.4 Å². The van der Waals surface area contributed by atoms with Crippen molar-refractivity contribution in [2.45, 2.75) is 45.4 Å². The molecule has 0 saturated carbocycles. The number of benzene rings is 2. The fourth-order valence-corrected chi connectivity index (χ4v) is 4.85. The molecule has 0 aliphatic heterocycles. The lowest BCUT2D eigenvalue weighted by Gasteiger charge is -2.35. The van der Waals surface area contributed by atoms with Crippen LogP contribution < -0.4 is 29.0 Å². The molecule has 1 N–H and O–H groups in total. The standard InChI is InChI=1S/C28H33NO7/c1-16-13-17-9-8-12-28(2,3)23(17)26(34-7)25(16)36-22-11-10-19(35-22)27(30)29-24-20(32-5)14-18(31-4)15-21(24)33-6/h10-11,13-15H,8-9,12H2,1-7H3,(H,29,30). The van der Waals surface area contributed by atoms with Crippen molar-refractivity contribution in [3.8, 4) is 34.7 Å². The monoisotopic (exact) mass is 495 g/mol. The van der Waals surface area contributed by atoms with Crippen molar-refractivity contribution < 1.29 is 32.9 Å². The first-order valence-electron chi connectivity index (χ1n) is 11.8. The summed E-state index contributed by atoms with van der Waals surface area (Å²) in [6.45, 7) is 6.44. The first-order chi connectivity index (χ1) is 17.2. The summed E-state index contributed by atoms with van der Waals surface area (Å²) in [4.78, 5) is 13.0. The van der Waals surface area contributed by atoms with Crippen LogP contribution in [0.3, 0.4) is 0 Å². The maximum Gasteiger partial charge on any atom is 0.291 e. The number of nitrogens with one attached hydrogen (secondary N) is 1. The summed E-state index contributed by atoms with van der Waals surface area (Å²) >= 11 is 0. The summed E-state index contributed by atoms with van der Waals surface area (Å²) in [6, 6.07) is 8.63. The van der Waals surface area contributed by atoms with E-state index in [0.29, 0.717) is 34.4 Å². The minimum atomic E-state index is -0.484. The van der Waals surface area contributed by atoms with Gasteiger partial charge in [0.1, 0.15) is 22.9 Å². The van der Waals surface area contributed by atoms with Gasteiger partial charge in [-0.05, 0) is 48.8 Å². The second-order valence-corrected chi connectivity index (χ2v) is 9.41. The second kappa shape index (κ2) is 10.0. The summed E-state index contributed by atoms with van der Waals surface area (Å²) in [6.07, 6.45) is 3.23. The van der Waals surface area contributed by atoms with Gasteiger partial charge in [0.05, 0.1) is 28.4 Å². The number of rotatable bonds is 8. The molecule has 0 radical (unpaired) electrons. The average Bonchev–Trinajstić information content (AvgIpc) is 3.33. The maximum absolute atomic E-state index is 13.0. The number of hydrogen-bond acceptors (Lipinski definition) is 7. The smallest absolute Gasteiger partial charge is 0.291 e. The molecule has 3 aromatic rings. The number of carbonyl (C=O) groups excluding carboxylic acids is 1. The third-order valence-electron chi connectivity index (χ3n) is 6.59. The van der Waals surface area contributed by atoms with E-state index in [0.717, 1.165) is 24.8 Å². The van der Waals surface area contributed by atoms with E-state index in [9.17, 15) is 4.79 Å². The molecule has 1 aliphatic rings. The van der Waals surface area contributed by atoms with Crippen molar-refractivity contribution in [3.63, 3.8) is 0 Å². The minimum Gasteiger partial charge on any atom is -0.496 e. The third kappa shape index (κ3) is 4.67. The first kappa shape index (κ1) is 25.3. The molecule has 8 nitrogen and oxygen atoms in total. The summed E-state index contributed by atoms with van der Waals surface area (Å²) in [5.74, 6) is 2.38. The van der Waals surface area contributed by atoms with E-state index in [4.69, 9.17) is 28.1 Å². The minimum absolute atomic E-state index is 0.0323. The molecule has 0 saturated heterocycles. The Hall–Kier alpha value is -3.81. The van der Waals surface area contributed by atoms with Crippen LogP contribution in [0, 0.1) is 6.92 Å². The highest BCUT2D eigenvalue weighted by molar-refractivity contribution is 6.04. The predicted molar refractivity (Wildman–Crippen MR) is 137 cm³/mol. The fraction of sp³-hybridized carbons (Fsp3) is 0.393. The molecule has 1 aromatic heterocycles. The largest absolute Gasteiger partial charge is 0.496 e. The van der Waals surface area contributed by atoms with Crippen LogP contribution in [0.1, 0.15) is 53.9 Å². The first-order valence-corrected chi connectivity index (χ1v) is 11.8. The van der Waals surface area contributed by atoms with Crippen LogP contribution in [0.15, 0.2) is 34.7 Å². The van der Waals surface area contributed by atoms with Crippen molar-refractivity contribution in [1.82, 2.24) is 0 Å². The number of aryl methyl sites for hydroxylation is 2. The quantitative estimate of drug-likeness (QED) is 0.393. The Kier molecular flexibility index (Phi) is 7.06. The Morgan fingerprint density at radius 1 is 0.944 bits per heavy atom. The highest BCUT2D eigenvalue weighted by atomic mass is 16.6. The Morgan fingerprint density at radius 3 is 2.25 bits per heavy atom. The average molecular weight is 496 g/mol. The van der Waals surface area contributed by atoms with Gasteiger partial charge in [0.2, 0.25) is 0 Å². The van der Waals surface area contributed by atoms with Crippen LogP contribution in [0.4, 0.5) is 5.69 Å². The third-order valence-corrected chi connectivity index (χ3v) is 6.59. The van der Waals surface area contributed by atoms with E-state index in [1.54, 1.807) is 31.4 Å². The molecule has 0 fully saturated rings. The van der Waals surface area contributed by atoms with Crippen molar-refractivity contribution in [1.29, 1.82) is 0 Å². The van der Waals surface area contributed by atoms with Gasteiger partial charge in [-0.3, -0.25) is 4.79 Å². The molecule has 0 atom stereocenters. The number of carbonyl (C=O) groups is 1. The number of fused-ring (bicyclic) bond motifs is 1. The Bertz CT molecular complexity index is 1250. The Morgan fingerprint density at radius 2 is 1.64 bits per heavy atom. The SMILES string of the molecule is COc1cc(OC)c(NC(=O)c2ccc(Oc3c(C)cc4c(c3OC)C(C)(C)CCC4)o2)c(OC)c1. The molecule has 192 valence electrons. The zero-order chi connectivity index (χ0) is 26.0. The number of hydrogen-bond donors (Lipinski definition) is 1. The van der Waals surface area contributed by atoms with E-state index in [2.05, 4.69) is 25.2 Å². The molecule has 0 bridgehead atoms. The van der Waals surface area contributed by atoms with Crippen LogP contribution in [0.5, 0.6) is 34.7 Å². The van der Waals surface area contributed by atoms with Crippen LogP contribution in [-0.2, 0) is 11.8 Å². The van der Waals surface area contributed by atoms with Gasteiger partial charge in [0, 0.05) is 23.8 Å². The lowest BCUT2D eigenvalue weighted by Crippen LogP contribution is -2.25. The molecular weight excluding hydrogens is 462 g/mol. The van der Waals surface area contributed by atoms with Gasteiger partial charge >= 0.3 is 0 Å². The molecule has 0 spiro atoms. The molecule has 1 amide bonds. The van der Waals surface area contributed by atoms with E-state index in [1.807, 2.05) is 6.92 Å². The van der Waals surface area contributed by atoms with E-state index in [-0.39, 0.29) is 17.1 Å². The van der Waals surface area contributed by atoms with Gasteiger partial charge in [0.25, 0.3) is 11.9 Å². The zero-order valence-electron chi connectivity index (χ0n) is 21.9. The summed E-state index contributed by atoms with van der Waals surface area (Å²) in [7, 11) is 6.19. The van der Waals surface area contributed by atoms with E-state index >= 15 is 0 Å². The van der Waals surface area contributed by atoms with Crippen molar-refractivity contribution in [3.05, 3.63) is 52.8 Å². The Labute approximate surface area is 211 Å². The maximum atomic E-state index is 13.0. The summed E-state index contributed by atoms with van der Waals surface area (Å²) in [5.41, 5.74) is 3.72. The van der Waals surface area contributed by atoms with Gasteiger partial charge in [-0.25, -0.2) is 0 Å². The molecular formula is C28H33NO7. The molecule has 8 heteroatoms. The molecule has 1 aliphatic carbocycles. The van der Waals surface area contributed by atoms with Crippen LogP contribution in [0.25, 0.3) is 0 Å². The molecule has 4 rings (SSSR count). The number of amides is 1. The van der Waals surface area contributed by atoms with Crippen molar-refractivity contribution >= 4 is 11.6 Å². The van der Waals surface area contributed by atoms with Crippen LogP contribution >= 0.6 is 0 Å². The fourth-order valence-electron chi connectivity index (χ4n) is 4.85. The summed E-state index contributed by atoms with van der Waals surface area (Å²) in [5, 5.41) is 2.79. The van der Waals surface area contributed by atoms with Crippen molar-refractivity contribution in [2.24, 2.45) is 0 Å². The van der Waals surface area contributed by atoms with Gasteiger partial charge in [-0.1, -0.05) is 19.9 Å². The Balaban J connectivity index is 1.62. The van der Waals surface area contributed by atoms with Crippen molar-refractivity contribution in [2.75, 3.05) is 33.8 Å². The van der Waals surface area contributed by atoms with E-state index < -0.39 is 5.91 Å². The van der Waals surface area contributed by atoms with Crippen LogP contribution in [0.2, 0.25) is 0 Å². The number of ether oxygens (including phenoxy) is 5. The van der Waals surface area contributed by atoms with Gasteiger partial charge in [0.15, 0.2) is 17.3 Å². The van der Waals surface area contributed by atoms with Gasteiger partial charge in [-0.15, -0.1) is 0 Å². The molecule has 0 unspecified atom stereocenters. The molecule has 2 aromatic carbocycles. The van der Waals surface area contributed by atoms with Gasteiger partial charge in [-0.2, -0.15) is 0 Å². The highest BCUT2D eigenvalue weighted by Crippen LogP contribution is 2.49. The lowest BCUT2D eigenvalue weighted by atomic mass is 9.72. The van der Waals surface area contributed by atoms with Gasteiger partial charge < -0.3 is 33.4 Å². The number of methoxy groups -OCH3 is 4. The highest BCUT2D eigenvalue weighted by Gasteiger charge is 2.34. The lowest BCUT2D eigenvalue weighted by molar-refractivity contribution is 0.0991. The molecule has 1 heterocycles. The normalized spacial score (nSPS) is 14.0. The van der Waals surface area contributed by atoms with Crippen LogP contribution in [-0.4, -0.2) is 34.3 Å². The number of anilines is 1. The van der Waals surface area contributed by atoms with E-state index in [1.165, 1.54) is 32.5 Å². The predicted octanol–water partition coefficient (Wildman–Crippen LogP) is 6.28. The number of furan rings is 1. The zero-order valence-corrected chi connectivity index (χ0v) is 21.9. The summed E-state index contributed by atoms with van der Waals surface area (Å²) < 4.78 is 33.9.